The maximum Gasteiger partial charge on any atom is 0.309 e. The first kappa shape index (κ1) is 19.1. The van der Waals surface area contributed by atoms with E-state index in [0.717, 1.165) is 0 Å². The van der Waals surface area contributed by atoms with E-state index in [1.54, 1.807) is 6.08 Å². The SMILES string of the molecule is C=CC[C@@H]1[C@@H](O[Si](C)(C)C(C)(C)C)CC(=O)C[C@H]1C(=O)OC. The fraction of sp³-hybridized carbons (Fsp3) is 0.765. The molecule has 1 saturated carbocycles. The Balaban J connectivity index is 3.05. The topological polar surface area (TPSA) is 52.6 Å². The number of rotatable bonds is 5. The molecule has 0 aromatic rings. The molecule has 0 aliphatic heterocycles. The zero-order valence-electron chi connectivity index (χ0n) is 14.8. The van der Waals surface area contributed by atoms with Crippen LogP contribution in [0.15, 0.2) is 12.7 Å². The van der Waals surface area contributed by atoms with Crippen molar-refractivity contribution in [1.29, 1.82) is 0 Å². The van der Waals surface area contributed by atoms with Gasteiger partial charge in [-0.3, -0.25) is 9.59 Å². The number of ether oxygens (including phenoxy) is 1. The summed E-state index contributed by atoms with van der Waals surface area (Å²) in [5.41, 5.74) is 0. The van der Waals surface area contributed by atoms with E-state index in [-0.39, 0.29) is 35.2 Å². The maximum atomic E-state index is 12.1. The zero-order chi connectivity index (χ0) is 17.1. The Hall–Kier alpha value is -0.943. The van der Waals surface area contributed by atoms with Gasteiger partial charge >= 0.3 is 5.97 Å². The van der Waals surface area contributed by atoms with E-state index < -0.39 is 14.2 Å². The largest absolute Gasteiger partial charge is 0.469 e. The number of carbonyl (C=O) groups is 2. The quantitative estimate of drug-likeness (QED) is 0.439. The van der Waals surface area contributed by atoms with Crippen molar-refractivity contribution in [3.05, 3.63) is 12.7 Å². The van der Waals surface area contributed by atoms with Crippen molar-refractivity contribution in [2.75, 3.05) is 7.11 Å². The van der Waals surface area contributed by atoms with Crippen LogP contribution >= 0.6 is 0 Å². The first-order valence-electron chi connectivity index (χ1n) is 7.91. The molecule has 0 radical (unpaired) electrons. The summed E-state index contributed by atoms with van der Waals surface area (Å²) in [4.78, 5) is 24.1. The summed E-state index contributed by atoms with van der Waals surface area (Å²) in [6.07, 6.45) is 2.88. The number of esters is 1. The van der Waals surface area contributed by atoms with E-state index in [2.05, 4.69) is 40.4 Å². The van der Waals surface area contributed by atoms with Crippen LogP contribution in [0, 0.1) is 11.8 Å². The maximum absolute atomic E-state index is 12.1. The summed E-state index contributed by atoms with van der Waals surface area (Å²) < 4.78 is 11.4. The van der Waals surface area contributed by atoms with Crippen molar-refractivity contribution in [3.63, 3.8) is 0 Å². The van der Waals surface area contributed by atoms with Crippen LogP contribution in [0.25, 0.3) is 0 Å². The van der Waals surface area contributed by atoms with Crippen LogP contribution in [0.2, 0.25) is 18.1 Å². The molecule has 0 bridgehead atoms. The van der Waals surface area contributed by atoms with Gasteiger partial charge in [0.15, 0.2) is 8.32 Å². The number of ketones is 1. The second-order valence-electron chi connectivity index (χ2n) is 7.68. The molecule has 1 aliphatic rings. The van der Waals surface area contributed by atoms with Crippen LogP contribution < -0.4 is 0 Å². The van der Waals surface area contributed by atoms with Gasteiger partial charge in [0, 0.05) is 18.8 Å². The monoisotopic (exact) mass is 326 g/mol. The van der Waals surface area contributed by atoms with Crippen LogP contribution in [-0.2, 0) is 18.8 Å². The molecule has 5 heteroatoms. The number of Topliss-reactive ketones (excluding diaryl/α,β-unsaturated/α-hetero) is 1. The lowest BCUT2D eigenvalue weighted by Gasteiger charge is -2.44. The molecule has 0 unspecified atom stereocenters. The lowest BCUT2D eigenvalue weighted by Crippen LogP contribution is -2.50. The Kier molecular flexibility index (Phi) is 6.16. The third-order valence-electron chi connectivity index (χ3n) is 5.07. The molecule has 0 saturated heterocycles. The molecule has 0 spiro atoms. The summed E-state index contributed by atoms with van der Waals surface area (Å²) in [5.74, 6) is -0.682. The van der Waals surface area contributed by atoms with E-state index in [9.17, 15) is 9.59 Å². The predicted octanol–water partition coefficient (Wildman–Crippen LogP) is 3.72. The third kappa shape index (κ3) is 4.29. The minimum absolute atomic E-state index is 0.0308. The molecule has 0 heterocycles. The highest BCUT2D eigenvalue weighted by Gasteiger charge is 2.46. The zero-order valence-corrected chi connectivity index (χ0v) is 15.8. The Bertz CT molecular complexity index is 436. The van der Waals surface area contributed by atoms with Crippen LogP contribution in [0.1, 0.15) is 40.0 Å². The number of methoxy groups -OCH3 is 1. The van der Waals surface area contributed by atoms with E-state index in [1.807, 2.05) is 0 Å². The molecule has 1 fully saturated rings. The van der Waals surface area contributed by atoms with Gasteiger partial charge in [0.1, 0.15) is 5.78 Å². The molecule has 0 N–H and O–H groups in total. The van der Waals surface area contributed by atoms with Gasteiger partial charge in [-0.1, -0.05) is 26.8 Å². The van der Waals surface area contributed by atoms with Gasteiger partial charge in [0.25, 0.3) is 0 Å². The van der Waals surface area contributed by atoms with Gasteiger partial charge in [-0.2, -0.15) is 0 Å². The fourth-order valence-electron chi connectivity index (χ4n) is 2.72. The molecule has 1 rings (SSSR count). The number of hydrogen-bond acceptors (Lipinski definition) is 4. The van der Waals surface area contributed by atoms with Gasteiger partial charge in [0.05, 0.1) is 19.1 Å². The molecule has 4 nitrogen and oxygen atoms in total. The predicted molar refractivity (Wildman–Crippen MR) is 90.1 cm³/mol. The van der Waals surface area contributed by atoms with E-state index in [4.69, 9.17) is 9.16 Å². The number of hydrogen-bond donors (Lipinski definition) is 0. The van der Waals surface area contributed by atoms with Crippen LogP contribution in [0.5, 0.6) is 0 Å². The van der Waals surface area contributed by atoms with Crippen LogP contribution in [-0.4, -0.2) is 33.3 Å². The van der Waals surface area contributed by atoms with Gasteiger partial charge in [-0.15, -0.1) is 6.58 Å². The average molecular weight is 327 g/mol. The fourth-order valence-corrected chi connectivity index (χ4v) is 4.09. The smallest absolute Gasteiger partial charge is 0.309 e. The first-order chi connectivity index (χ1) is 10.0. The third-order valence-corrected chi connectivity index (χ3v) is 9.57. The second kappa shape index (κ2) is 7.09. The second-order valence-corrected chi connectivity index (χ2v) is 12.4. The van der Waals surface area contributed by atoms with Gasteiger partial charge in [-0.05, 0) is 24.6 Å². The highest BCUT2D eigenvalue weighted by atomic mass is 28.4. The molecular weight excluding hydrogens is 296 g/mol. The summed E-state index contributed by atoms with van der Waals surface area (Å²) in [5, 5.41) is 0.0625. The Labute approximate surface area is 135 Å². The van der Waals surface area contributed by atoms with Crippen molar-refractivity contribution in [3.8, 4) is 0 Å². The lowest BCUT2D eigenvalue weighted by molar-refractivity contribution is -0.154. The minimum Gasteiger partial charge on any atom is -0.469 e. The average Bonchev–Trinajstić information content (AvgIpc) is 2.38. The van der Waals surface area contributed by atoms with Crippen molar-refractivity contribution in [2.24, 2.45) is 11.8 Å². The highest BCUT2D eigenvalue weighted by Crippen LogP contribution is 2.42. The Morgan fingerprint density at radius 1 is 1.36 bits per heavy atom. The summed E-state index contributed by atoms with van der Waals surface area (Å²) in [6, 6.07) is 0. The Morgan fingerprint density at radius 2 is 1.95 bits per heavy atom. The molecule has 0 aromatic carbocycles. The van der Waals surface area contributed by atoms with Crippen LogP contribution in [0.4, 0.5) is 0 Å². The highest BCUT2D eigenvalue weighted by molar-refractivity contribution is 6.74. The van der Waals surface area contributed by atoms with Gasteiger partial charge in [-0.25, -0.2) is 0 Å². The van der Waals surface area contributed by atoms with Crippen molar-refractivity contribution >= 4 is 20.1 Å². The molecular formula is C17H30O4Si. The summed E-state index contributed by atoms with van der Waals surface area (Å²) in [6.45, 7) is 14.6. The summed E-state index contributed by atoms with van der Waals surface area (Å²) >= 11 is 0. The minimum atomic E-state index is -2.01. The molecule has 0 amide bonds. The molecule has 3 atom stereocenters. The molecule has 0 aromatic heterocycles. The van der Waals surface area contributed by atoms with E-state index >= 15 is 0 Å². The molecule has 126 valence electrons. The summed E-state index contributed by atoms with van der Waals surface area (Å²) in [7, 11) is -0.635. The van der Waals surface area contributed by atoms with Crippen molar-refractivity contribution in [1.82, 2.24) is 0 Å². The Morgan fingerprint density at radius 3 is 2.41 bits per heavy atom. The lowest BCUT2D eigenvalue weighted by atomic mass is 9.75. The number of carbonyl (C=O) groups excluding carboxylic acids is 2. The van der Waals surface area contributed by atoms with Crippen LogP contribution in [0.3, 0.4) is 0 Å². The first-order valence-corrected chi connectivity index (χ1v) is 10.8. The van der Waals surface area contributed by atoms with Crippen molar-refractivity contribution in [2.45, 2.75) is 64.3 Å². The standard InChI is InChI=1S/C17H30O4Si/c1-8-9-13-14(16(19)20-5)10-12(18)11-15(13)21-22(6,7)17(2,3)4/h8,13-15H,1,9-11H2,2-7H3/t13-,14+,15-/m0/s1. The van der Waals surface area contributed by atoms with Gasteiger partial charge < -0.3 is 9.16 Å². The van der Waals surface area contributed by atoms with E-state index in [1.165, 1.54) is 7.11 Å². The molecule has 22 heavy (non-hydrogen) atoms. The van der Waals surface area contributed by atoms with Crippen molar-refractivity contribution < 1.29 is 18.8 Å². The van der Waals surface area contributed by atoms with Gasteiger partial charge in [0.2, 0.25) is 0 Å². The van der Waals surface area contributed by atoms with E-state index in [0.29, 0.717) is 12.8 Å². The number of allylic oxidation sites excluding steroid dienone is 1. The normalized spacial score (nSPS) is 26.6. The molecule has 1 aliphatic carbocycles.